The Bertz CT molecular complexity index is 1150. The number of rotatable bonds is 2. The van der Waals surface area contributed by atoms with Gasteiger partial charge in [-0.15, -0.1) is 0 Å². The highest BCUT2D eigenvalue weighted by Gasteiger charge is 2.36. The molecule has 1 aliphatic heterocycles. The minimum atomic E-state index is -1.51. The van der Waals surface area contributed by atoms with Gasteiger partial charge in [-0.1, -0.05) is 28.1 Å². The van der Waals surface area contributed by atoms with E-state index in [0.717, 1.165) is 9.86 Å². The quantitative estimate of drug-likeness (QED) is 0.291. The van der Waals surface area contributed by atoms with Gasteiger partial charge in [0.2, 0.25) is 6.10 Å². The van der Waals surface area contributed by atoms with E-state index in [4.69, 9.17) is 4.74 Å². The van der Waals surface area contributed by atoms with Gasteiger partial charge in [-0.3, -0.25) is 10.1 Å². The molecule has 3 aromatic carbocycles. The molecule has 1 heterocycles. The van der Waals surface area contributed by atoms with Crippen LogP contribution in [0.3, 0.4) is 0 Å². The molecule has 27 heavy (non-hydrogen) atoms. The van der Waals surface area contributed by atoms with Gasteiger partial charge in [-0.25, -0.2) is 13.2 Å². The molecule has 0 radical (unpaired) electrons. The summed E-state index contributed by atoms with van der Waals surface area (Å²) in [7, 11) is 0. The highest BCUT2D eigenvalue weighted by atomic mass is 79.9. The molecule has 1 aliphatic rings. The predicted molar refractivity (Wildman–Crippen MR) is 96.3 cm³/mol. The minimum Gasteiger partial charge on any atom is -0.474 e. The lowest BCUT2D eigenvalue weighted by atomic mass is 9.96. The van der Waals surface area contributed by atoms with Gasteiger partial charge in [0.05, 0.1) is 4.92 Å². The van der Waals surface area contributed by atoms with Crippen molar-refractivity contribution in [1.82, 2.24) is 0 Å². The molecule has 0 aliphatic carbocycles. The summed E-state index contributed by atoms with van der Waals surface area (Å²) in [5.74, 6) is -3.54. The molecule has 4 nitrogen and oxygen atoms in total. The zero-order valence-corrected chi connectivity index (χ0v) is 15.0. The van der Waals surface area contributed by atoms with Gasteiger partial charge in [-0.05, 0) is 35.0 Å². The summed E-state index contributed by atoms with van der Waals surface area (Å²) in [5, 5.41) is 13.1. The van der Waals surface area contributed by atoms with Gasteiger partial charge in [0.1, 0.15) is 11.6 Å². The van der Waals surface area contributed by atoms with Crippen LogP contribution in [-0.2, 0) is 0 Å². The van der Waals surface area contributed by atoms with E-state index in [2.05, 4.69) is 15.9 Å². The fourth-order valence-corrected chi connectivity index (χ4v) is 3.43. The second kappa shape index (κ2) is 6.38. The Kier molecular flexibility index (Phi) is 4.15. The minimum absolute atomic E-state index is 0.278. The maximum Gasteiger partial charge on any atom is 0.291 e. The SMILES string of the molecule is O=[N+]([O-])C1=Cc2c(ccc3ccc(Br)cc23)OC1c1cc(F)c(F)cc1F. The molecule has 8 heteroatoms. The Morgan fingerprint density at radius 2 is 1.70 bits per heavy atom. The Hall–Kier alpha value is -2.87. The Morgan fingerprint density at radius 1 is 1.00 bits per heavy atom. The van der Waals surface area contributed by atoms with Crippen molar-refractivity contribution in [1.29, 1.82) is 0 Å². The van der Waals surface area contributed by atoms with Crippen molar-refractivity contribution >= 4 is 32.8 Å². The maximum atomic E-state index is 14.2. The Morgan fingerprint density at radius 3 is 2.44 bits per heavy atom. The molecule has 0 fully saturated rings. The Labute approximate surface area is 159 Å². The van der Waals surface area contributed by atoms with Crippen molar-refractivity contribution in [2.24, 2.45) is 0 Å². The third-order valence-corrected chi connectivity index (χ3v) is 4.82. The zero-order chi connectivity index (χ0) is 19.3. The summed E-state index contributed by atoms with van der Waals surface area (Å²) in [6, 6.07) is 9.72. The number of nitro groups is 1. The highest BCUT2D eigenvalue weighted by Crippen LogP contribution is 2.42. The maximum absolute atomic E-state index is 14.2. The summed E-state index contributed by atoms with van der Waals surface area (Å²) in [6.07, 6.45) is -0.230. The van der Waals surface area contributed by atoms with E-state index in [-0.39, 0.29) is 5.75 Å². The van der Waals surface area contributed by atoms with Crippen LogP contribution in [0.2, 0.25) is 0 Å². The van der Waals surface area contributed by atoms with E-state index < -0.39 is 39.7 Å². The molecular weight excluding hydrogens is 427 g/mol. The third-order valence-electron chi connectivity index (χ3n) is 4.32. The lowest BCUT2D eigenvalue weighted by Gasteiger charge is -2.24. The van der Waals surface area contributed by atoms with E-state index in [1.807, 2.05) is 12.1 Å². The number of hydrogen-bond acceptors (Lipinski definition) is 3. The zero-order valence-electron chi connectivity index (χ0n) is 13.4. The standard InChI is InChI=1S/C19H9BrF3NO3/c20-10-3-1-9-2-4-18-12(11(9)5-10)7-17(24(25)26)19(27-18)13-6-15(22)16(23)8-14(13)21/h1-8,19H. The van der Waals surface area contributed by atoms with Gasteiger partial charge in [0.15, 0.2) is 11.6 Å². The summed E-state index contributed by atoms with van der Waals surface area (Å²) in [6.45, 7) is 0. The smallest absolute Gasteiger partial charge is 0.291 e. The van der Waals surface area contributed by atoms with Crippen molar-refractivity contribution in [3.8, 4) is 5.75 Å². The van der Waals surface area contributed by atoms with Gasteiger partial charge < -0.3 is 4.74 Å². The lowest BCUT2D eigenvalue weighted by Crippen LogP contribution is -2.21. The molecular formula is C19H9BrF3NO3. The van der Waals surface area contributed by atoms with E-state index in [1.54, 1.807) is 18.2 Å². The molecule has 136 valence electrons. The van der Waals surface area contributed by atoms with Crippen LogP contribution in [-0.4, -0.2) is 4.92 Å². The fraction of sp³-hybridized carbons (Fsp3) is 0.0526. The Balaban J connectivity index is 1.94. The summed E-state index contributed by atoms with van der Waals surface area (Å²) in [5.41, 5.74) is -0.462. The molecule has 0 spiro atoms. The number of nitrogens with zero attached hydrogens (tertiary/aromatic N) is 1. The van der Waals surface area contributed by atoms with Crippen LogP contribution in [0.25, 0.3) is 16.8 Å². The molecule has 0 N–H and O–H groups in total. The van der Waals surface area contributed by atoms with Crippen molar-refractivity contribution in [3.63, 3.8) is 0 Å². The molecule has 0 bridgehead atoms. The second-order valence-electron chi connectivity index (χ2n) is 5.95. The first-order valence-corrected chi connectivity index (χ1v) is 8.54. The van der Waals surface area contributed by atoms with Gasteiger partial charge >= 0.3 is 0 Å². The van der Waals surface area contributed by atoms with Gasteiger partial charge in [0, 0.05) is 27.7 Å². The van der Waals surface area contributed by atoms with Crippen LogP contribution < -0.4 is 4.74 Å². The van der Waals surface area contributed by atoms with Crippen molar-refractivity contribution < 1.29 is 22.8 Å². The van der Waals surface area contributed by atoms with E-state index in [0.29, 0.717) is 23.1 Å². The predicted octanol–water partition coefficient (Wildman–Crippen LogP) is 5.77. The second-order valence-corrected chi connectivity index (χ2v) is 6.87. The van der Waals surface area contributed by atoms with Crippen molar-refractivity contribution in [3.05, 3.63) is 91.3 Å². The fourth-order valence-electron chi connectivity index (χ4n) is 3.07. The van der Waals surface area contributed by atoms with Crippen molar-refractivity contribution in [2.45, 2.75) is 6.10 Å². The molecule has 3 aromatic rings. The molecule has 1 atom stereocenters. The van der Waals surface area contributed by atoms with E-state index >= 15 is 0 Å². The van der Waals surface area contributed by atoms with Crippen LogP contribution >= 0.6 is 15.9 Å². The van der Waals surface area contributed by atoms with Crippen LogP contribution in [0.5, 0.6) is 5.75 Å². The summed E-state index contributed by atoms with van der Waals surface area (Å²) >= 11 is 3.36. The number of benzene rings is 3. The van der Waals surface area contributed by atoms with Gasteiger partial charge in [-0.2, -0.15) is 0 Å². The third kappa shape index (κ3) is 2.95. The highest BCUT2D eigenvalue weighted by molar-refractivity contribution is 9.10. The first-order chi connectivity index (χ1) is 12.8. The van der Waals surface area contributed by atoms with Gasteiger partial charge in [0.25, 0.3) is 5.70 Å². The van der Waals surface area contributed by atoms with Crippen LogP contribution in [0.15, 0.2) is 52.6 Å². The lowest BCUT2D eigenvalue weighted by molar-refractivity contribution is -0.434. The summed E-state index contributed by atoms with van der Waals surface area (Å²) < 4.78 is 47.4. The van der Waals surface area contributed by atoms with Crippen molar-refractivity contribution in [2.75, 3.05) is 0 Å². The topological polar surface area (TPSA) is 52.4 Å². The summed E-state index contributed by atoms with van der Waals surface area (Å²) in [4.78, 5) is 10.9. The van der Waals surface area contributed by atoms with E-state index in [1.165, 1.54) is 6.08 Å². The average Bonchev–Trinajstić information content (AvgIpc) is 2.63. The molecule has 0 saturated carbocycles. The number of halogens is 4. The monoisotopic (exact) mass is 435 g/mol. The van der Waals surface area contributed by atoms with Crippen LogP contribution in [0.4, 0.5) is 13.2 Å². The van der Waals surface area contributed by atoms with Crippen LogP contribution in [0.1, 0.15) is 17.2 Å². The number of ether oxygens (including phenoxy) is 1. The number of fused-ring (bicyclic) bond motifs is 3. The normalized spacial score (nSPS) is 15.9. The molecule has 0 amide bonds. The van der Waals surface area contributed by atoms with E-state index in [9.17, 15) is 23.3 Å². The molecule has 4 rings (SSSR count). The molecule has 0 saturated heterocycles. The largest absolute Gasteiger partial charge is 0.474 e. The first kappa shape index (κ1) is 17.5. The average molecular weight is 436 g/mol. The number of hydrogen-bond donors (Lipinski definition) is 0. The molecule has 0 aromatic heterocycles. The van der Waals surface area contributed by atoms with Crippen LogP contribution in [0, 0.1) is 27.6 Å². The first-order valence-electron chi connectivity index (χ1n) is 7.74. The molecule has 1 unspecified atom stereocenters.